The van der Waals surface area contributed by atoms with Crippen molar-refractivity contribution in [1.29, 1.82) is 0 Å². The number of hydrogen-bond donors (Lipinski definition) is 1. The quantitative estimate of drug-likeness (QED) is 0.776. The van der Waals surface area contributed by atoms with Crippen LogP contribution in [0.25, 0.3) is 0 Å². The highest BCUT2D eigenvalue weighted by Crippen LogP contribution is 2.33. The number of hydrogen-bond acceptors (Lipinski definition) is 4. The van der Waals surface area contributed by atoms with Crippen LogP contribution < -0.4 is 5.73 Å². The van der Waals surface area contributed by atoms with Crippen molar-refractivity contribution in [1.82, 2.24) is 4.90 Å². The lowest BCUT2D eigenvalue weighted by Crippen LogP contribution is -2.50. The average molecular weight is 254 g/mol. The monoisotopic (exact) mass is 254 g/mol. The molecule has 0 radical (unpaired) electrons. The Morgan fingerprint density at radius 2 is 2.06 bits per heavy atom. The maximum absolute atomic E-state index is 12.0. The van der Waals surface area contributed by atoms with Crippen LogP contribution in [0.1, 0.15) is 45.4 Å². The van der Waals surface area contributed by atoms with E-state index in [0.29, 0.717) is 6.42 Å². The normalized spacial score (nSPS) is 34.7. The smallest absolute Gasteiger partial charge is 0.326 e. The van der Waals surface area contributed by atoms with Gasteiger partial charge in [0.15, 0.2) is 0 Å². The Balaban J connectivity index is 2.02. The second-order valence-corrected chi connectivity index (χ2v) is 6.14. The molecule has 1 aliphatic carbocycles. The van der Waals surface area contributed by atoms with Gasteiger partial charge in [-0.05, 0) is 32.1 Å². The average Bonchev–Trinajstić information content (AvgIpc) is 2.65. The first kappa shape index (κ1) is 13.8. The second-order valence-electron chi connectivity index (χ2n) is 6.14. The predicted octanol–water partition coefficient (Wildman–Crippen LogP) is 1.53. The summed E-state index contributed by atoms with van der Waals surface area (Å²) in [7, 11) is 1.47. The largest absolute Gasteiger partial charge is 0.468 e. The van der Waals surface area contributed by atoms with Crippen LogP contribution in [0, 0.1) is 5.92 Å². The molecule has 0 aromatic rings. The van der Waals surface area contributed by atoms with E-state index in [1.165, 1.54) is 39.2 Å². The van der Waals surface area contributed by atoms with Crippen LogP contribution in [0.15, 0.2) is 0 Å². The molecule has 0 aromatic carbocycles. The lowest BCUT2D eigenvalue weighted by atomic mass is 9.88. The molecule has 1 aliphatic heterocycles. The summed E-state index contributed by atoms with van der Waals surface area (Å²) in [6, 6.07) is 0.0951. The molecule has 104 valence electrons. The van der Waals surface area contributed by atoms with Gasteiger partial charge in [-0.3, -0.25) is 9.69 Å². The van der Waals surface area contributed by atoms with Gasteiger partial charge in [0.1, 0.15) is 5.54 Å². The van der Waals surface area contributed by atoms with E-state index in [2.05, 4.69) is 4.90 Å². The maximum atomic E-state index is 12.0. The molecular formula is C14H26N2O2. The van der Waals surface area contributed by atoms with Gasteiger partial charge in [-0.15, -0.1) is 0 Å². The van der Waals surface area contributed by atoms with Gasteiger partial charge in [0, 0.05) is 19.1 Å². The van der Waals surface area contributed by atoms with E-state index in [1.54, 1.807) is 0 Å². The molecule has 0 aromatic heterocycles. The van der Waals surface area contributed by atoms with E-state index in [1.807, 2.05) is 6.92 Å². The second kappa shape index (κ2) is 5.57. The van der Waals surface area contributed by atoms with Crippen molar-refractivity contribution < 1.29 is 9.53 Å². The zero-order chi connectivity index (χ0) is 13.2. The van der Waals surface area contributed by atoms with Crippen molar-refractivity contribution in [3.05, 3.63) is 0 Å². The molecule has 2 aliphatic rings. The lowest BCUT2D eigenvalue weighted by molar-refractivity contribution is -0.152. The minimum absolute atomic E-state index is 0.0951. The van der Waals surface area contributed by atoms with Gasteiger partial charge >= 0.3 is 5.97 Å². The molecule has 18 heavy (non-hydrogen) atoms. The van der Waals surface area contributed by atoms with Gasteiger partial charge in [0.25, 0.3) is 0 Å². The fourth-order valence-electron chi connectivity index (χ4n) is 3.58. The summed E-state index contributed by atoms with van der Waals surface area (Å²) in [4.78, 5) is 14.3. The van der Waals surface area contributed by atoms with E-state index in [0.717, 1.165) is 19.0 Å². The third-order valence-electron chi connectivity index (χ3n) is 4.64. The van der Waals surface area contributed by atoms with Gasteiger partial charge in [0.05, 0.1) is 7.11 Å². The first-order chi connectivity index (χ1) is 8.56. The fourth-order valence-corrected chi connectivity index (χ4v) is 3.58. The van der Waals surface area contributed by atoms with Gasteiger partial charge in [-0.1, -0.05) is 19.3 Å². The number of rotatable bonds is 3. The van der Waals surface area contributed by atoms with E-state index in [9.17, 15) is 4.79 Å². The van der Waals surface area contributed by atoms with Gasteiger partial charge in [-0.25, -0.2) is 0 Å². The van der Waals surface area contributed by atoms with Crippen LogP contribution in [-0.4, -0.2) is 42.6 Å². The van der Waals surface area contributed by atoms with Gasteiger partial charge < -0.3 is 10.5 Å². The van der Waals surface area contributed by atoms with Crippen LogP contribution in [0.5, 0.6) is 0 Å². The summed E-state index contributed by atoms with van der Waals surface area (Å²) in [6.45, 7) is 3.80. The molecular weight excluding hydrogens is 228 g/mol. The Hall–Kier alpha value is -0.610. The number of carbonyl (C=O) groups excluding carboxylic acids is 1. The minimum Gasteiger partial charge on any atom is -0.468 e. The Labute approximate surface area is 110 Å². The summed E-state index contributed by atoms with van der Waals surface area (Å²) >= 11 is 0. The van der Waals surface area contributed by atoms with Gasteiger partial charge in [-0.2, -0.15) is 0 Å². The van der Waals surface area contributed by atoms with E-state index >= 15 is 0 Å². The van der Waals surface area contributed by atoms with Crippen molar-refractivity contribution in [2.45, 2.75) is 57.0 Å². The molecule has 4 nitrogen and oxygen atoms in total. The molecule has 2 atom stereocenters. The van der Waals surface area contributed by atoms with Gasteiger partial charge in [0.2, 0.25) is 0 Å². The summed E-state index contributed by atoms with van der Waals surface area (Å²) in [5, 5.41) is 0. The Morgan fingerprint density at radius 1 is 1.39 bits per heavy atom. The minimum atomic E-state index is -0.508. The van der Waals surface area contributed by atoms with E-state index < -0.39 is 5.54 Å². The topological polar surface area (TPSA) is 55.6 Å². The molecule has 2 rings (SSSR count). The van der Waals surface area contributed by atoms with Crippen LogP contribution in [0.3, 0.4) is 0 Å². The van der Waals surface area contributed by atoms with Crippen molar-refractivity contribution in [2.75, 3.05) is 20.2 Å². The standard InChI is InChI=1S/C14H26N2O2/c1-14(13(17)18-2)8-12(15)10-16(14)9-11-6-4-3-5-7-11/h11-12H,3-10,15H2,1-2H3/t12-,14?/m1/s1. The highest BCUT2D eigenvalue weighted by atomic mass is 16.5. The number of nitrogens with two attached hydrogens (primary N) is 1. The molecule has 1 saturated carbocycles. The Kier molecular flexibility index (Phi) is 4.28. The van der Waals surface area contributed by atoms with Crippen molar-refractivity contribution in [3.63, 3.8) is 0 Å². The number of nitrogens with zero attached hydrogens (tertiary/aromatic N) is 1. The third-order valence-corrected chi connectivity index (χ3v) is 4.64. The third kappa shape index (κ3) is 2.69. The molecule has 4 heteroatoms. The number of ether oxygens (including phenoxy) is 1. The first-order valence-corrected chi connectivity index (χ1v) is 7.15. The molecule has 2 N–H and O–H groups in total. The van der Waals surface area contributed by atoms with E-state index in [-0.39, 0.29) is 12.0 Å². The molecule has 2 fully saturated rings. The highest BCUT2D eigenvalue weighted by molar-refractivity contribution is 5.80. The Morgan fingerprint density at radius 3 is 2.67 bits per heavy atom. The summed E-state index contributed by atoms with van der Waals surface area (Å²) in [6.07, 6.45) is 7.33. The summed E-state index contributed by atoms with van der Waals surface area (Å²) in [5.41, 5.74) is 5.54. The van der Waals surface area contributed by atoms with Crippen molar-refractivity contribution >= 4 is 5.97 Å². The highest BCUT2D eigenvalue weighted by Gasteiger charge is 2.47. The number of likely N-dealkylation sites (tertiary alicyclic amines) is 1. The Bertz CT molecular complexity index is 302. The fraction of sp³-hybridized carbons (Fsp3) is 0.929. The van der Waals surface area contributed by atoms with Crippen molar-refractivity contribution in [3.8, 4) is 0 Å². The molecule has 0 amide bonds. The summed E-state index contributed by atoms with van der Waals surface area (Å²) in [5.74, 6) is 0.597. The van der Waals surface area contributed by atoms with Crippen LogP contribution in [0.2, 0.25) is 0 Å². The maximum Gasteiger partial charge on any atom is 0.326 e. The van der Waals surface area contributed by atoms with E-state index in [4.69, 9.17) is 10.5 Å². The molecule has 0 spiro atoms. The summed E-state index contributed by atoms with van der Waals surface area (Å²) < 4.78 is 4.97. The van der Waals surface area contributed by atoms with Crippen LogP contribution >= 0.6 is 0 Å². The number of esters is 1. The number of methoxy groups -OCH3 is 1. The molecule has 1 saturated heterocycles. The SMILES string of the molecule is COC(=O)C1(C)C[C@@H](N)CN1CC1CCCCC1. The van der Waals surface area contributed by atoms with Crippen LogP contribution in [-0.2, 0) is 9.53 Å². The predicted molar refractivity (Wildman–Crippen MR) is 71.2 cm³/mol. The molecule has 1 heterocycles. The zero-order valence-corrected chi connectivity index (χ0v) is 11.7. The molecule has 0 bridgehead atoms. The number of carbonyl (C=O) groups is 1. The molecule has 1 unspecified atom stereocenters. The van der Waals surface area contributed by atoms with Crippen molar-refractivity contribution in [2.24, 2.45) is 11.7 Å². The zero-order valence-electron chi connectivity index (χ0n) is 11.7. The van der Waals surface area contributed by atoms with Crippen LogP contribution in [0.4, 0.5) is 0 Å². The lowest BCUT2D eigenvalue weighted by Gasteiger charge is -2.35. The first-order valence-electron chi connectivity index (χ1n) is 7.15.